The molecule has 1 aromatic carbocycles. The zero-order chi connectivity index (χ0) is 22.2. The summed E-state index contributed by atoms with van der Waals surface area (Å²) < 4.78 is 5.80. The molecule has 1 saturated heterocycles. The summed E-state index contributed by atoms with van der Waals surface area (Å²) in [6, 6.07) is 6.40. The smallest absolute Gasteiger partial charge is 0.340 e. The van der Waals surface area contributed by atoms with Gasteiger partial charge in [-0.15, -0.1) is 0 Å². The van der Waals surface area contributed by atoms with Gasteiger partial charge in [-0.25, -0.2) is 9.59 Å². The van der Waals surface area contributed by atoms with E-state index in [9.17, 15) is 19.2 Å². The molecule has 1 aromatic heterocycles. The molecule has 9 heteroatoms. The number of amides is 3. The van der Waals surface area contributed by atoms with Crippen molar-refractivity contribution in [2.24, 2.45) is 0 Å². The van der Waals surface area contributed by atoms with Crippen LogP contribution in [0.2, 0.25) is 0 Å². The Labute approximate surface area is 182 Å². The summed E-state index contributed by atoms with van der Waals surface area (Å²) in [6.07, 6.45) is 0. The van der Waals surface area contributed by atoms with Crippen molar-refractivity contribution in [2.75, 3.05) is 13.2 Å². The molecule has 8 nitrogen and oxygen atoms in total. The van der Waals surface area contributed by atoms with Gasteiger partial charge in [0.1, 0.15) is 5.54 Å². The highest BCUT2D eigenvalue weighted by atomic mass is 79.9. The van der Waals surface area contributed by atoms with Gasteiger partial charge in [-0.2, -0.15) is 0 Å². The van der Waals surface area contributed by atoms with E-state index in [2.05, 4.69) is 26.2 Å². The third-order valence-corrected chi connectivity index (χ3v) is 5.67. The number of carbonyl (C=O) groups excluding carboxylic acids is 4. The molecule has 1 fully saturated rings. The number of hydrogen-bond acceptors (Lipinski definition) is 5. The summed E-state index contributed by atoms with van der Waals surface area (Å²) >= 11 is 3.36. The minimum atomic E-state index is -1.28. The van der Waals surface area contributed by atoms with Gasteiger partial charge in [0.15, 0.2) is 5.78 Å². The van der Waals surface area contributed by atoms with Gasteiger partial charge in [0.25, 0.3) is 5.91 Å². The Morgan fingerprint density at radius 2 is 1.93 bits per heavy atom. The molecule has 2 N–H and O–H groups in total. The zero-order valence-corrected chi connectivity index (χ0v) is 18.7. The van der Waals surface area contributed by atoms with E-state index in [0.29, 0.717) is 16.8 Å². The van der Waals surface area contributed by atoms with Crippen molar-refractivity contribution in [1.29, 1.82) is 0 Å². The first-order valence-corrected chi connectivity index (χ1v) is 10.2. The SMILES string of the molecule is CCOC(=O)c1c(C)[nH]c(C(=O)CN2C(=O)N[C@](C)(c3cccc(Br)c3)C2=O)c1C. The number of aryl methyl sites for hydroxylation is 1. The number of urea groups is 1. The Kier molecular flexibility index (Phi) is 5.85. The third-order valence-electron chi connectivity index (χ3n) is 5.17. The Morgan fingerprint density at radius 3 is 2.57 bits per heavy atom. The van der Waals surface area contributed by atoms with Crippen LogP contribution < -0.4 is 5.32 Å². The second kappa shape index (κ2) is 8.06. The molecule has 3 amide bonds. The van der Waals surface area contributed by atoms with Crippen molar-refractivity contribution in [3.05, 3.63) is 56.8 Å². The molecule has 2 heterocycles. The normalized spacial score (nSPS) is 18.5. The van der Waals surface area contributed by atoms with Gasteiger partial charge in [0.05, 0.1) is 24.4 Å². The molecule has 1 aliphatic heterocycles. The van der Waals surface area contributed by atoms with Gasteiger partial charge in [0, 0.05) is 10.2 Å². The first-order valence-electron chi connectivity index (χ1n) is 9.39. The number of rotatable bonds is 6. The van der Waals surface area contributed by atoms with E-state index < -0.39 is 35.8 Å². The van der Waals surface area contributed by atoms with Gasteiger partial charge in [-0.3, -0.25) is 14.5 Å². The largest absolute Gasteiger partial charge is 0.462 e. The standard InChI is InChI=1S/C21H22BrN3O5/c1-5-30-18(27)16-11(2)17(23-12(16)3)15(26)10-25-19(28)21(4,24-20(25)29)13-7-6-8-14(22)9-13/h6-9,23H,5,10H2,1-4H3,(H,24,29)/t21-/m1/s1. The van der Waals surface area contributed by atoms with Gasteiger partial charge >= 0.3 is 12.0 Å². The number of Topliss-reactive ketones (excluding diaryl/α,β-unsaturated/α-hetero) is 1. The summed E-state index contributed by atoms with van der Waals surface area (Å²) in [5.41, 5.74) is 0.700. The van der Waals surface area contributed by atoms with E-state index in [1.54, 1.807) is 45.9 Å². The molecular formula is C21H22BrN3O5. The van der Waals surface area contributed by atoms with Crippen LogP contribution in [0.5, 0.6) is 0 Å². The van der Waals surface area contributed by atoms with Gasteiger partial charge in [-0.1, -0.05) is 28.1 Å². The number of nitrogens with one attached hydrogen (secondary N) is 2. The maximum atomic E-state index is 13.1. The van der Waals surface area contributed by atoms with E-state index in [-0.39, 0.29) is 17.9 Å². The van der Waals surface area contributed by atoms with Gasteiger partial charge < -0.3 is 15.0 Å². The number of hydrogen-bond donors (Lipinski definition) is 2. The fraction of sp³-hybridized carbons (Fsp3) is 0.333. The Morgan fingerprint density at radius 1 is 1.23 bits per heavy atom. The molecule has 30 heavy (non-hydrogen) atoms. The summed E-state index contributed by atoms with van der Waals surface area (Å²) in [5, 5.41) is 2.68. The van der Waals surface area contributed by atoms with Crippen LogP contribution in [-0.4, -0.2) is 46.7 Å². The topological polar surface area (TPSA) is 109 Å². The Balaban J connectivity index is 1.86. The second-order valence-corrected chi connectivity index (χ2v) is 8.14. The summed E-state index contributed by atoms with van der Waals surface area (Å²) in [6.45, 7) is 6.35. The average Bonchev–Trinajstić information content (AvgIpc) is 3.10. The van der Waals surface area contributed by atoms with Crippen LogP contribution in [0.4, 0.5) is 4.79 Å². The first kappa shape index (κ1) is 21.8. The maximum absolute atomic E-state index is 13.1. The fourth-order valence-corrected chi connectivity index (χ4v) is 4.00. The van der Waals surface area contributed by atoms with E-state index in [1.165, 1.54) is 0 Å². The highest BCUT2D eigenvalue weighted by Gasteiger charge is 2.49. The molecule has 2 aromatic rings. The number of aromatic nitrogens is 1. The molecule has 0 radical (unpaired) electrons. The molecule has 0 saturated carbocycles. The second-order valence-electron chi connectivity index (χ2n) is 7.23. The highest BCUT2D eigenvalue weighted by Crippen LogP contribution is 2.30. The lowest BCUT2D eigenvalue weighted by Crippen LogP contribution is -2.41. The molecular weight excluding hydrogens is 454 g/mol. The van der Waals surface area contributed by atoms with Crippen molar-refractivity contribution in [3.63, 3.8) is 0 Å². The van der Waals surface area contributed by atoms with Crippen LogP contribution in [0.25, 0.3) is 0 Å². The molecule has 0 aliphatic carbocycles. The predicted octanol–water partition coefficient (Wildman–Crippen LogP) is 3.22. The minimum Gasteiger partial charge on any atom is -0.462 e. The summed E-state index contributed by atoms with van der Waals surface area (Å²) in [7, 11) is 0. The van der Waals surface area contributed by atoms with Crippen molar-refractivity contribution in [1.82, 2.24) is 15.2 Å². The molecule has 0 unspecified atom stereocenters. The molecule has 0 spiro atoms. The van der Waals surface area contributed by atoms with Crippen LogP contribution in [0.3, 0.4) is 0 Å². The van der Waals surface area contributed by atoms with Crippen molar-refractivity contribution >= 4 is 39.6 Å². The lowest BCUT2D eigenvalue weighted by Gasteiger charge is -2.22. The molecule has 1 atom stereocenters. The van der Waals surface area contributed by atoms with Crippen molar-refractivity contribution < 1.29 is 23.9 Å². The number of H-pyrrole nitrogens is 1. The van der Waals surface area contributed by atoms with Gasteiger partial charge in [0.2, 0.25) is 0 Å². The number of carbonyl (C=O) groups is 4. The number of esters is 1. The molecule has 158 valence electrons. The quantitative estimate of drug-likeness (QED) is 0.378. The summed E-state index contributed by atoms with van der Waals surface area (Å²) in [5.74, 6) is -1.53. The Hall–Kier alpha value is -2.94. The lowest BCUT2D eigenvalue weighted by atomic mass is 9.92. The van der Waals surface area contributed by atoms with Crippen LogP contribution in [0.1, 0.15) is 51.5 Å². The monoisotopic (exact) mass is 475 g/mol. The molecule has 3 rings (SSSR count). The van der Waals surface area contributed by atoms with Crippen LogP contribution in [0.15, 0.2) is 28.7 Å². The van der Waals surface area contributed by atoms with Crippen molar-refractivity contribution in [2.45, 2.75) is 33.2 Å². The minimum absolute atomic E-state index is 0.173. The number of ketones is 1. The van der Waals surface area contributed by atoms with Crippen LogP contribution in [0, 0.1) is 13.8 Å². The maximum Gasteiger partial charge on any atom is 0.340 e. The summed E-state index contributed by atoms with van der Waals surface area (Å²) in [4.78, 5) is 54.4. The number of halogens is 1. The molecule has 1 aliphatic rings. The van der Waals surface area contributed by atoms with E-state index in [4.69, 9.17) is 4.74 Å². The first-order chi connectivity index (χ1) is 14.1. The zero-order valence-electron chi connectivity index (χ0n) is 17.1. The number of aromatic amines is 1. The van der Waals surface area contributed by atoms with E-state index in [1.807, 2.05) is 6.07 Å². The van der Waals surface area contributed by atoms with Crippen molar-refractivity contribution in [3.8, 4) is 0 Å². The third kappa shape index (κ3) is 3.65. The van der Waals surface area contributed by atoms with Crippen LogP contribution in [-0.2, 0) is 15.1 Å². The number of imide groups is 1. The fourth-order valence-electron chi connectivity index (χ4n) is 3.60. The Bertz CT molecular complexity index is 1060. The predicted molar refractivity (Wildman–Crippen MR) is 112 cm³/mol. The number of ether oxygens (including phenoxy) is 1. The van der Waals surface area contributed by atoms with E-state index >= 15 is 0 Å². The number of benzene rings is 1. The van der Waals surface area contributed by atoms with Crippen LogP contribution >= 0.6 is 15.9 Å². The molecule has 0 bridgehead atoms. The van der Waals surface area contributed by atoms with Gasteiger partial charge in [-0.05, 0) is 51.0 Å². The van der Waals surface area contributed by atoms with E-state index in [0.717, 1.165) is 9.37 Å². The lowest BCUT2D eigenvalue weighted by molar-refractivity contribution is -0.130. The average molecular weight is 476 g/mol. The highest BCUT2D eigenvalue weighted by molar-refractivity contribution is 9.10. The number of nitrogens with zero attached hydrogens (tertiary/aromatic N) is 1.